The van der Waals surface area contributed by atoms with Gasteiger partial charge in [0, 0.05) is 12.2 Å². The Hall–Kier alpha value is -0.980. The van der Waals surface area contributed by atoms with Crippen LogP contribution in [-0.2, 0) is 0 Å². The number of hydrogen-bond acceptors (Lipinski definition) is 1. The lowest BCUT2D eigenvalue weighted by Crippen LogP contribution is -2.19. The Morgan fingerprint density at radius 2 is 1.79 bits per heavy atom. The first-order valence-corrected chi connectivity index (χ1v) is 5.20. The maximum atomic E-state index is 3.49. The van der Waals surface area contributed by atoms with E-state index in [-0.39, 0.29) is 0 Å². The lowest BCUT2D eigenvalue weighted by atomic mass is 9.96. The Labute approximate surface area is 87.5 Å². The molecule has 1 rings (SSSR count). The standard InChI is InChI=1S/C13H21N/c1-10-6-7-11(2)12(8-10)14-9-13(3,4)5/h6-8,14H,9H2,1-5H3. The number of hydrogen-bond donors (Lipinski definition) is 1. The zero-order valence-corrected chi connectivity index (χ0v) is 9.94. The van der Waals surface area contributed by atoms with Crippen LogP contribution in [0.4, 0.5) is 5.69 Å². The molecule has 0 heterocycles. The van der Waals surface area contributed by atoms with E-state index in [1.54, 1.807) is 0 Å². The van der Waals surface area contributed by atoms with E-state index >= 15 is 0 Å². The molecule has 0 atom stereocenters. The van der Waals surface area contributed by atoms with Gasteiger partial charge in [0.1, 0.15) is 0 Å². The quantitative estimate of drug-likeness (QED) is 0.750. The van der Waals surface area contributed by atoms with Crippen molar-refractivity contribution in [2.24, 2.45) is 5.41 Å². The van der Waals surface area contributed by atoms with Gasteiger partial charge in [0.25, 0.3) is 0 Å². The van der Waals surface area contributed by atoms with Gasteiger partial charge in [-0.25, -0.2) is 0 Å². The molecule has 1 heteroatoms. The fraction of sp³-hybridized carbons (Fsp3) is 0.538. The van der Waals surface area contributed by atoms with E-state index in [4.69, 9.17) is 0 Å². The smallest absolute Gasteiger partial charge is 0.0372 e. The van der Waals surface area contributed by atoms with Gasteiger partial charge in [0.05, 0.1) is 0 Å². The Morgan fingerprint density at radius 1 is 1.14 bits per heavy atom. The largest absolute Gasteiger partial charge is 0.384 e. The third-order valence-corrected chi connectivity index (χ3v) is 2.20. The molecule has 0 aliphatic rings. The maximum Gasteiger partial charge on any atom is 0.0372 e. The molecular weight excluding hydrogens is 170 g/mol. The van der Waals surface area contributed by atoms with E-state index in [1.807, 2.05) is 0 Å². The van der Waals surface area contributed by atoms with Gasteiger partial charge in [-0.05, 0) is 36.5 Å². The van der Waals surface area contributed by atoms with Crippen LogP contribution in [0.15, 0.2) is 18.2 Å². The fourth-order valence-corrected chi connectivity index (χ4v) is 1.29. The fourth-order valence-electron chi connectivity index (χ4n) is 1.29. The summed E-state index contributed by atoms with van der Waals surface area (Å²) >= 11 is 0. The van der Waals surface area contributed by atoms with Crippen molar-refractivity contribution in [1.82, 2.24) is 0 Å². The first kappa shape index (κ1) is 11.1. The second-order valence-electron chi connectivity index (χ2n) is 5.23. The van der Waals surface area contributed by atoms with E-state index < -0.39 is 0 Å². The highest BCUT2D eigenvalue weighted by atomic mass is 14.9. The van der Waals surface area contributed by atoms with Crippen molar-refractivity contribution in [3.05, 3.63) is 29.3 Å². The lowest BCUT2D eigenvalue weighted by molar-refractivity contribution is 0.443. The summed E-state index contributed by atoms with van der Waals surface area (Å²) in [5.74, 6) is 0. The van der Waals surface area contributed by atoms with Crippen molar-refractivity contribution >= 4 is 5.69 Å². The van der Waals surface area contributed by atoms with E-state index in [1.165, 1.54) is 16.8 Å². The SMILES string of the molecule is Cc1ccc(C)c(NCC(C)(C)C)c1. The molecule has 0 spiro atoms. The zero-order chi connectivity index (χ0) is 10.8. The van der Waals surface area contributed by atoms with Crippen molar-refractivity contribution in [1.29, 1.82) is 0 Å². The molecule has 14 heavy (non-hydrogen) atoms. The van der Waals surface area contributed by atoms with Gasteiger partial charge in [-0.15, -0.1) is 0 Å². The minimum atomic E-state index is 0.330. The summed E-state index contributed by atoms with van der Waals surface area (Å²) in [5.41, 5.74) is 4.22. The Bertz CT molecular complexity index is 308. The van der Waals surface area contributed by atoms with Crippen LogP contribution in [0.5, 0.6) is 0 Å². The third kappa shape index (κ3) is 3.41. The van der Waals surface area contributed by atoms with Crippen molar-refractivity contribution in [2.45, 2.75) is 34.6 Å². The Morgan fingerprint density at radius 3 is 2.36 bits per heavy atom. The molecule has 1 aromatic carbocycles. The van der Waals surface area contributed by atoms with E-state index in [0.29, 0.717) is 5.41 Å². The highest BCUT2D eigenvalue weighted by Crippen LogP contribution is 2.19. The molecule has 0 fully saturated rings. The molecule has 78 valence electrons. The third-order valence-electron chi connectivity index (χ3n) is 2.20. The van der Waals surface area contributed by atoms with E-state index in [0.717, 1.165) is 6.54 Å². The van der Waals surface area contributed by atoms with Crippen LogP contribution in [0, 0.1) is 19.3 Å². The van der Waals surface area contributed by atoms with Gasteiger partial charge < -0.3 is 5.32 Å². The van der Waals surface area contributed by atoms with Crippen LogP contribution in [0.2, 0.25) is 0 Å². The van der Waals surface area contributed by atoms with Crippen molar-refractivity contribution in [3.63, 3.8) is 0 Å². The second kappa shape index (κ2) is 4.04. The molecule has 0 radical (unpaired) electrons. The molecule has 0 aliphatic carbocycles. The van der Waals surface area contributed by atoms with Gasteiger partial charge in [0.2, 0.25) is 0 Å². The summed E-state index contributed by atoms with van der Waals surface area (Å²) in [6.07, 6.45) is 0. The molecule has 0 unspecified atom stereocenters. The van der Waals surface area contributed by atoms with Crippen LogP contribution >= 0.6 is 0 Å². The minimum Gasteiger partial charge on any atom is -0.384 e. The second-order valence-corrected chi connectivity index (χ2v) is 5.23. The molecule has 0 bridgehead atoms. The van der Waals surface area contributed by atoms with Crippen LogP contribution in [0.25, 0.3) is 0 Å². The average Bonchev–Trinajstić information content (AvgIpc) is 2.05. The predicted octanol–water partition coefficient (Wildman–Crippen LogP) is 3.76. The molecule has 0 saturated carbocycles. The van der Waals surface area contributed by atoms with Crippen molar-refractivity contribution in [3.8, 4) is 0 Å². The molecule has 1 nitrogen and oxygen atoms in total. The molecule has 0 amide bonds. The van der Waals surface area contributed by atoms with Crippen LogP contribution in [-0.4, -0.2) is 6.54 Å². The van der Waals surface area contributed by atoms with Gasteiger partial charge in [-0.1, -0.05) is 32.9 Å². The molecular formula is C13H21N. The monoisotopic (exact) mass is 191 g/mol. The summed E-state index contributed by atoms with van der Waals surface area (Å²) in [6.45, 7) is 12.0. The number of rotatable bonds is 2. The topological polar surface area (TPSA) is 12.0 Å². The lowest BCUT2D eigenvalue weighted by Gasteiger charge is -2.20. The molecule has 1 N–H and O–H groups in total. The number of benzene rings is 1. The van der Waals surface area contributed by atoms with E-state index in [9.17, 15) is 0 Å². The van der Waals surface area contributed by atoms with Crippen LogP contribution in [0.1, 0.15) is 31.9 Å². The number of aryl methyl sites for hydroxylation is 2. The van der Waals surface area contributed by atoms with Gasteiger partial charge in [-0.2, -0.15) is 0 Å². The van der Waals surface area contributed by atoms with Crippen LogP contribution < -0.4 is 5.32 Å². The number of anilines is 1. The summed E-state index contributed by atoms with van der Waals surface area (Å²) in [7, 11) is 0. The van der Waals surface area contributed by atoms with Gasteiger partial charge in [-0.3, -0.25) is 0 Å². The first-order valence-electron chi connectivity index (χ1n) is 5.20. The normalized spacial score (nSPS) is 11.5. The summed E-state index contributed by atoms with van der Waals surface area (Å²) in [4.78, 5) is 0. The average molecular weight is 191 g/mol. The Balaban J connectivity index is 2.72. The predicted molar refractivity (Wildman–Crippen MR) is 63.9 cm³/mol. The molecule has 0 aromatic heterocycles. The van der Waals surface area contributed by atoms with Gasteiger partial charge in [0.15, 0.2) is 0 Å². The summed E-state index contributed by atoms with van der Waals surface area (Å²) in [6, 6.07) is 6.53. The highest BCUT2D eigenvalue weighted by molar-refractivity contribution is 5.52. The zero-order valence-electron chi connectivity index (χ0n) is 9.94. The maximum absolute atomic E-state index is 3.49. The molecule has 0 saturated heterocycles. The summed E-state index contributed by atoms with van der Waals surface area (Å²) < 4.78 is 0. The Kier molecular flexibility index (Phi) is 3.20. The number of nitrogens with one attached hydrogen (secondary N) is 1. The van der Waals surface area contributed by atoms with E-state index in [2.05, 4.69) is 58.1 Å². The van der Waals surface area contributed by atoms with Crippen molar-refractivity contribution < 1.29 is 0 Å². The van der Waals surface area contributed by atoms with Crippen molar-refractivity contribution in [2.75, 3.05) is 11.9 Å². The van der Waals surface area contributed by atoms with Crippen LogP contribution in [0.3, 0.4) is 0 Å². The summed E-state index contributed by atoms with van der Waals surface area (Å²) in [5, 5.41) is 3.49. The minimum absolute atomic E-state index is 0.330. The highest BCUT2D eigenvalue weighted by Gasteiger charge is 2.09. The first-order chi connectivity index (χ1) is 6.38. The van der Waals surface area contributed by atoms with Gasteiger partial charge >= 0.3 is 0 Å². The molecule has 0 aliphatic heterocycles. The molecule has 1 aromatic rings.